The molecule has 15 nitrogen and oxygen atoms in total. The number of amides is 5. The molecule has 5 amide bonds. The summed E-state index contributed by atoms with van der Waals surface area (Å²) in [5.41, 5.74) is 14.4. The van der Waals surface area contributed by atoms with Gasteiger partial charge in [0.25, 0.3) is 0 Å². The van der Waals surface area contributed by atoms with Crippen molar-refractivity contribution in [1.29, 1.82) is 0 Å². The van der Waals surface area contributed by atoms with E-state index < -0.39 is 20.1 Å². The maximum Gasteiger partial charge on any atom is 1.00 e. The zero-order valence-corrected chi connectivity index (χ0v) is 40.5. The van der Waals surface area contributed by atoms with Gasteiger partial charge in [0.1, 0.15) is 0 Å². The topological polar surface area (TPSA) is 223 Å². The maximum atomic E-state index is 11.1. The fraction of sp³-hybridized carbons (Fsp3) is 0.442. The molecule has 0 radical (unpaired) electrons. The Balaban J connectivity index is 0.000000737. The van der Waals surface area contributed by atoms with Gasteiger partial charge < -0.3 is 45.8 Å². The normalized spacial score (nSPS) is 12.2. The molecule has 0 aliphatic carbocycles. The molecular formula is C43H63B2KN5O10+. The van der Waals surface area contributed by atoms with Crippen molar-refractivity contribution in [3.05, 3.63) is 93.5 Å². The molecule has 5 rings (SSSR count). The Bertz CT molecular complexity index is 1850. The predicted molar refractivity (Wildman–Crippen MR) is 234 cm³/mol. The van der Waals surface area contributed by atoms with E-state index in [1.165, 1.54) is 16.7 Å². The minimum Gasteiger partial charge on any atom is -0.542 e. The van der Waals surface area contributed by atoms with Gasteiger partial charge in [0.2, 0.25) is 24.1 Å². The van der Waals surface area contributed by atoms with Crippen LogP contribution in [0.5, 0.6) is 0 Å². The third kappa shape index (κ3) is 23.5. The number of nitrogens with two attached hydrogens (primary N) is 1. The Hall–Kier alpha value is -3.55. The standard InChI is InChI=1S/C10H14.C9H16N2O3.C8H8BNO3.C8H9BO2.C8H16N2O2.K/c1-4-10-6-5-8(2)7-9(10)3;1-11(2,8-13)6-4-9(14)10-5-3-7-12;10-8(11)5-1-2-6-4-13-9(12)7(6)3-5;1-6-2-3-7-5-11-9(10)8(7)4-6;1-3-4-9-8(12)5-7(2)10-6-11;/h5-7H,4H2,1-3H3;8H,3-6H2,1-2H3,(H,10,14);1-3,12H,4H2,(H2,10,11);2-4,10H,5H2,1H3;6-7H,3-5H2,1-2H3,(H,9,12)(H,10,11);/q;;;;;+1/t;;;;7-;/m....0./s1. The van der Waals surface area contributed by atoms with Crippen LogP contribution in [0.4, 0.5) is 0 Å². The Kier molecular flexibility index (Phi) is 29.5. The summed E-state index contributed by atoms with van der Waals surface area (Å²) < 4.78 is 10.2. The van der Waals surface area contributed by atoms with Crippen molar-refractivity contribution >= 4 is 62.0 Å². The predicted octanol–water partition coefficient (Wildman–Crippen LogP) is -1.65. The van der Waals surface area contributed by atoms with Gasteiger partial charge in [0, 0.05) is 24.6 Å². The van der Waals surface area contributed by atoms with Gasteiger partial charge in [-0.1, -0.05) is 67.4 Å². The van der Waals surface area contributed by atoms with Crippen molar-refractivity contribution in [2.24, 2.45) is 5.73 Å². The Morgan fingerprint density at radius 1 is 0.869 bits per heavy atom. The van der Waals surface area contributed by atoms with Gasteiger partial charge in [0.05, 0.1) is 40.3 Å². The average Bonchev–Trinajstić information content (AvgIpc) is 3.78. The number of aryl methyl sites for hydroxylation is 4. The van der Waals surface area contributed by atoms with Crippen molar-refractivity contribution in [2.75, 3.05) is 33.7 Å². The van der Waals surface area contributed by atoms with Crippen LogP contribution < -0.4 is 84.0 Å². The number of quaternary nitrogens is 1. The number of hydrogen-bond donors (Lipinski definition) is 6. The van der Waals surface area contributed by atoms with Gasteiger partial charge in [0.15, 0.2) is 0 Å². The van der Waals surface area contributed by atoms with Gasteiger partial charge in [-0.25, -0.2) is 4.79 Å². The molecule has 326 valence electrons. The summed E-state index contributed by atoms with van der Waals surface area (Å²) in [7, 11) is 1.82. The number of benzene rings is 3. The molecule has 2 aliphatic heterocycles. The first-order valence-corrected chi connectivity index (χ1v) is 20.0. The summed E-state index contributed by atoms with van der Waals surface area (Å²) in [6.07, 6.45) is 5.99. The van der Waals surface area contributed by atoms with Crippen LogP contribution in [0.3, 0.4) is 0 Å². The summed E-state index contributed by atoms with van der Waals surface area (Å²) >= 11 is 0. The van der Waals surface area contributed by atoms with Gasteiger partial charge in [-0.3, -0.25) is 29.9 Å². The summed E-state index contributed by atoms with van der Waals surface area (Å²) in [4.78, 5) is 63.2. The second-order valence-corrected chi connectivity index (χ2v) is 14.9. The molecule has 0 saturated heterocycles. The molecule has 2 aliphatic rings. The minimum absolute atomic E-state index is 0. The zero-order chi connectivity index (χ0) is 45.3. The van der Waals surface area contributed by atoms with E-state index in [1.54, 1.807) is 45.5 Å². The number of nitrogens with one attached hydrogen (secondary N) is 3. The molecular weight excluding hydrogens is 807 g/mol. The molecule has 7 N–H and O–H groups in total. The van der Waals surface area contributed by atoms with E-state index in [4.69, 9.17) is 15.0 Å². The van der Waals surface area contributed by atoms with E-state index in [-0.39, 0.29) is 86.6 Å². The van der Waals surface area contributed by atoms with Gasteiger partial charge in [-0.2, -0.15) is 0 Å². The van der Waals surface area contributed by atoms with Crippen LogP contribution in [0.1, 0.15) is 90.2 Å². The zero-order valence-electron chi connectivity index (χ0n) is 37.3. The average molecular weight is 871 g/mol. The molecule has 3 aromatic carbocycles. The van der Waals surface area contributed by atoms with Crippen LogP contribution in [0.2, 0.25) is 0 Å². The fourth-order valence-corrected chi connectivity index (χ4v) is 5.52. The fourth-order valence-electron chi connectivity index (χ4n) is 5.52. The number of nitrogens with zero attached hydrogens (tertiary/aromatic N) is 1. The van der Waals surface area contributed by atoms with Crippen molar-refractivity contribution in [3.63, 3.8) is 0 Å². The molecule has 0 saturated carbocycles. The second kappa shape index (κ2) is 31.3. The van der Waals surface area contributed by atoms with Crippen LogP contribution in [0.15, 0.2) is 54.6 Å². The van der Waals surface area contributed by atoms with Crippen LogP contribution in [0, 0.1) is 20.8 Å². The van der Waals surface area contributed by atoms with E-state index in [0.29, 0.717) is 56.7 Å². The van der Waals surface area contributed by atoms with Crippen molar-refractivity contribution in [2.45, 2.75) is 92.9 Å². The number of carbonyl (C=O) groups is 5. The van der Waals surface area contributed by atoms with E-state index in [9.17, 15) is 38.8 Å². The first kappa shape index (κ1) is 57.4. The number of hydrogen-bond acceptors (Lipinski definition) is 10. The quantitative estimate of drug-likeness (QED) is 0.0336. The second-order valence-electron chi connectivity index (χ2n) is 14.9. The number of primary amides is 1. The van der Waals surface area contributed by atoms with Crippen LogP contribution in [-0.2, 0) is 52.9 Å². The van der Waals surface area contributed by atoms with Crippen LogP contribution >= 0.6 is 0 Å². The third-order valence-corrected chi connectivity index (χ3v) is 9.10. The van der Waals surface area contributed by atoms with Crippen LogP contribution in [-0.4, -0.2) is 105 Å². The number of fused-ring (bicyclic) bond motifs is 2. The van der Waals surface area contributed by atoms with Crippen molar-refractivity contribution in [3.8, 4) is 0 Å². The first-order valence-electron chi connectivity index (χ1n) is 20.0. The first-order chi connectivity index (χ1) is 28.4. The number of rotatable bonds is 15. The Morgan fingerprint density at radius 2 is 1.43 bits per heavy atom. The van der Waals surface area contributed by atoms with Crippen LogP contribution in [0.25, 0.3) is 0 Å². The summed E-state index contributed by atoms with van der Waals surface area (Å²) in [6, 6.07) is 17.5. The molecule has 0 bridgehead atoms. The summed E-state index contributed by atoms with van der Waals surface area (Å²) in [5.74, 6) is -0.658. The smallest absolute Gasteiger partial charge is 0.542 e. The van der Waals surface area contributed by atoms with Gasteiger partial charge >= 0.3 is 72.0 Å². The summed E-state index contributed by atoms with van der Waals surface area (Å²) in [6.45, 7) is 14.7. The minimum atomic E-state index is -0.922. The van der Waals surface area contributed by atoms with E-state index in [0.717, 1.165) is 41.4 Å². The van der Waals surface area contributed by atoms with E-state index in [1.807, 2.05) is 32.0 Å². The molecule has 0 fully saturated rings. The van der Waals surface area contributed by atoms with Crippen molar-refractivity contribution < 1.29 is 104 Å². The molecule has 0 aromatic heterocycles. The maximum absolute atomic E-state index is 11.1. The Labute approximate surface area is 404 Å². The van der Waals surface area contributed by atoms with Gasteiger partial charge in [-0.15, -0.1) is 6.42 Å². The van der Waals surface area contributed by atoms with Gasteiger partial charge in [-0.05, 0) is 92.4 Å². The molecule has 0 unspecified atom stereocenters. The molecule has 1 atom stereocenters. The summed E-state index contributed by atoms with van der Waals surface area (Å²) in [5, 5.41) is 26.4. The Morgan fingerprint density at radius 3 is 1.95 bits per heavy atom. The number of carbonyl (C=O) groups excluding carboxylic acids is 6. The SMILES string of the molecule is CCCNC(=O)C[C@H](C)NC=O.CCc1ccc(C)cc1C.C[N+](C)(C=O)CCC(=O)NCC[C-]=O.Cc1ccc2c(c1)B(O)OC2.NC(=O)c1ccc2c(c1)B(O)OC2.[K+]. The molecule has 61 heavy (non-hydrogen) atoms. The van der Waals surface area contributed by atoms with E-state index in [2.05, 4.69) is 54.9 Å². The molecule has 3 aromatic rings. The third-order valence-electron chi connectivity index (χ3n) is 9.10. The van der Waals surface area contributed by atoms with Crippen molar-refractivity contribution in [1.82, 2.24) is 16.0 Å². The monoisotopic (exact) mass is 870 g/mol. The van der Waals surface area contributed by atoms with E-state index >= 15 is 0 Å². The largest absolute Gasteiger partial charge is 1.00 e. The molecule has 2 heterocycles. The molecule has 0 spiro atoms. The molecule has 18 heteroatoms.